The minimum Gasteiger partial charge on any atom is -0.481 e. The molecule has 0 saturated heterocycles. The summed E-state index contributed by atoms with van der Waals surface area (Å²) in [4.78, 5) is 9.41. The van der Waals surface area contributed by atoms with Crippen LogP contribution in [0.4, 0.5) is 0 Å². The summed E-state index contributed by atoms with van der Waals surface area (Å²) in [6.45, 7) is 1.69. The molecule has 1 N–H and O–H groups in total. The predicted molar refractivity (Wildman–Crippen MR) is 36.9 cm³/mol. The molecule has 0 aliphatic heterocycles. The van der Waals surface area contributed by atoms with Gasteiger partial charge in [-0.15, -0.1) is 23.2 Å². The number of halogens is 2. The number of rotatable bonds is 3. The third kappa shape index (κ3) is 4.55. The maximum Gasteiger partial charge on any atom is 0.303 e. The van der Waals surface area contributed by atoms with Gasteiger partial charge < -0.3 is 5.11 Å². The molecule has 2 nitrogen and oxygen atoms in total. The lowest BCUT2D eigenvalue weighted by atomic mass is 10.1. The molecule has 0 spiro atoms. The van der Waals surface area contributed by atoms with E-state index in [1.165, 1.54) is 0 Å². The fraction of sp³-hybridized carbons (Fsp3) is 0.800. The molecule has 0 fully saturated rings. The number of carboxylic acids is 1. The summed E-state index contributed by atoms with van der Waals surface area (Å²) in [6, 6.07) is 0. The number of aliphatic carboxylic acids is 1. The first-order valence-electron chi connectivity index (χ1n) is 2.54. The van der Waals surface area contributed by atoms with Crippen LogP contribution >= 0.6 is 23.2 Å². The van der Waals surface area contributed by atoms with E-state index in [0.29, 0.717) is 0 Å². The van der Waals surface area contributed by atoms with Crippen molar-refractivity contribution < 1.29 is 9.90 Å². The summed E-state index contributed by atoms with van der Waals surface area (Å²) in [5, 5.41) is 8.22. The molecule has 0 heterocycles. The Morgan fingerprint density at radius 2 is 2.11 bits per heavy atom. The monoisotopic (exact) mass is 170 g/mol. The zero-order chi connectivity index (χ0) is 7.44. The summed E-state index contributed by atoms with van der Waals surface area (Å²) >= 11 is 10.7. The van der Waals surface area contributed by atoms with Crippen LogP contribution in [0.25, 0.3) is 0 Å². The van der Waals surface area contributed by atoms with E-state index in [1.807, 2.05) is 0 Å². The maximum absolute atomic E-state index is 10.00. The molecule has 0 aromatic heterocycles. The summed E-state index contributed by atoms with van der Waals surface area (Å²) < 4.78 is 0. The van der Waals surface area contributed by atoms with Crippen LogP contribution in [0, 0.1) is 5.92 Å². The lowest BCUT2D eigenvalue weighted by Gasteiger charge is -2.06. The molecule has 0 radical (unpaired) electrons. The van der Waals surface area contributed by atoms with E-state index in [9.17, 15) is 4.79 Å². The fourth-order valence-corrected chi connectivity index (χ4v) is 0.543. The third-order valence-electron chi connectivity index (χ3n) is 0.927. The van der Waals surface area contributed by atoms with Crippen LogP contribution in [0.5, 0.6) is 0 Å². The van der Waals surface area contributed by atoms with Crippen molar-refractivity contribution in [1.29, 1.82) is 0 Å². The molecule has 0 unspecified atom stereocenters. The highest BCUT2D eigenvalue weighted by Gasteiger charge is 2.13. The number of carboxylic acid groups (broad SMARTS) is 1. The van der Waals surface area contributed by atoms with Crippen molar-refractivity contribution in [1.82, 2.24) is 0 Å². The second-order valence-corrected chi connectivity index (χ2v) is 3.07. The molecule has 9 heavy (non-hydrogen) atoms. The Kier molecular flexibility index (Phi) is 3.98. The van der Waals surface area contributed by atoms with Gasteiger partial charge in [-0.25, -0.2) is 0 Å². The zero-order valence-corrected chi connectivity index (χ0v) is 6.49. The van der Waals surface area contributed by atoms with Gasteiger partial charge in [0.15, 0.2) is 0 Å². The van der Waals surface area contributed by atoms with Gasteiger partial charge in [-0.1, -0.05) is 6.92 Å². The van der Waals surface area contributed by atoms with E-state index >= 15 is 0 Å². The molecule has 0 aliphatic rings. The van der Waals surface area contributed by atoms with Crippen LogP contribution in [0.15, 0.2) is 0 Å². The molecule has 54 valence electrons. The summed E-state index contributed by atoms with van der Waals surface area (Å²) in [5.41, 5.74) is 0. The molecule has 0 aromatic rings. The van der Waals surface area contributed by atoms with Crippen LogP contribution in [0.1, 0.15) is 13.3 Å². The van der Waals surface area contributed by atoms with Gasteiger partial charge in [-0.3, -0.25) is 4.79 Å². The largest absolute Gasteiger partial charge is 0.481 e. The zero-order valence-electron chi connectivity index (χ0n) is 4.97. The van der Waals surface area contributed by atoms with Crippen molar-refractivity contribution in [3.63, 3.8) is 0 Å². The Bertz CT molecular complexity index is 103. The molecular weight excluding hydrogens is 163 g/mol. The highest BCUT2D eigenvalue weighted by atomic mass is 35.5. The van der Waals surface area contributed by atoms with E-state index in [0.717, 1.165) is 0 Å². The smallest absolute Gasteiger partial charge is 0.303 e. The van der Waals surface area contributed by atoms with Gasteiger partial charge >= 0.3 is 5.97 Å². The van der Waals surface area contributed by atoms with E-state index in [1.54, 1.807) is 6.92 Å². The normalized spacial score (nSPS) is 13.8. The third-order valence-corrected chi connectivity index (χ3v) is 1.79. The van der Waals surface area contributed by atoms with Gasteiger partial charge in [0.25, 0.3) is 0 Å². The number of carbonyl (C=O) groups is 1. The highest BCUT2D eigenvalue weighted by Crippen LogP contribution is 2.17. The lowest BCUT2D eigenvalue weighted by Crippen LogP contribution is -2.10. The predicted octanol–water partition coefficient (Wildman–Crippen LogP) is 1.90. The minimum atomic E-state index is -0.867. The van der Waals surface area contributed by atoms with Crippen molar-refractivity contribution in [3.05, 3.63) is 0 Å². The molecule has 0 bridgehead atoms. The van der Waals surface area contributed by atoms with Gasteiger partial charge in [-0.05, 0) is 5.92 Å². The van der Waals surface area contributed by atoms with Crippen molar-refractivity contribution in [2.75, 3.05) is 0 Å². The Balaban J connectivity index is 3.50. The summed E-state index contributed by atoms with van der Waals surface area (Å²) in [7, 11) is 0. The summed E-state index contributed by atoms with van der Waals surface area (Å²) in [6.07, 6.45) is 0.0255. The van der Waals surface area contributed by atoms with Gasteiger partial charge in [-0.2, -0.15) is 0 Å². The van der Waals surface area contributed by atoms with Crippen LogP contribution in [-0.4, -0.2) is 15.9 Å². The number of hydrogen-bond donors (Lipinski definition) is 1. The highest BCUT2D eigenvalue weighted by molar-refractivity contribution is 6.44. The number of hydrogen-bond acceptors (Lipinski definition) is 1. The SMILES string of the molecule is C[C@H](CC(=O)O)C(Cl)Cl. The number of alkyl halides is 2. The van der Waals surface area contributed by atoms with Crippen LogP contribution in [-0.2, 0) is 4.79 Å². The Hall–Kier alpha value is 0.0500. The Labute approximate surface area is 63.8 Å². The average molecular weight is 171 g/mol. The lowest BCUT2D eigenvalue weighted by molar-refractivity contribution is -0.137. The topological polar surface area (TPSA) is 37.3 Å². The maximum atomic E-state index is 10.00. The molecule has 1 atom stereocenters. The van der Waals surface area contributed by atoms with E-state index in [-0.39, 0.29) is 12.3 Å². The van der Waals surface area contributed by atoms with Gasteiger partial charge in [0, 0.05) is 0 Å². The first-order chi connectivity index (χ1) is 4.04. The fourth-order valence-electron chi connectivity index (χ4n) is 0.365. The van der Waals surface area contributed by atoms with E-state index < -0.39 is 10.8 Å². The second-order valence-electron chi connectivity index (χ2n) is 1.91. The first kappa shape index (κ1) is 9.05. The molecule has 0 aromatic carbocycles. The molecule has 0 rings (SSSR count). The van der Waals surface area contributed by atoms with Crippen LogP contribution < -0.4 is 0 Å². The molecule has 0 amide bonds. The van der Waals surface area contributed by atoms with Crippen LogP contribution in [0.2, 0.25) is 0 Å². The summed E-state index contributed by atoms with van der Waals surface area (Å²) in [5.74, 6) is -1.04. The molecule has 0 aliphatic carbocycles. The van der Waals surface area contributed by atoms with Gasteiger partial charge in [0.1, 0.15) is 4.84 Å². The molecule has 4 heteroatoms. The molecule has 0 saturated carbocycles. The van der Waals surface area contributed by atoms with Crippen LogP contribution in [0.3, 0.4) is 0 Å². The first-order valence-corrected chi connectivity index (χ1v) is 3.41. The van der Waals surface area contributed by atoms with Crippen molar-refractivity contribution >= 4 is 29.2 Å². The standard InChI is InChI=1S/C5H8Cl2O2/c1-3(5(6)7)2-4(8)9/h3,5H,2H2,1H3,(H,8,9)/t3-/m1/s1. The van der Waals surface area contributed by atoms with Crippen molar-refractivity contribution in [3.8, 4) is 0 Å². The van der Waals surface area contributed by atoms with Gasteiger partial charge in [0.2, 0.25) is 0 Å². The van der Waals surface area contributed by atoms with E-state index in [4.69, 9.17) is 28.3 Å². The van der Waals surface area contributed by atoms with E-state index in [2.05, 4.69) is 0 Å². The second kappa shape index (κ2) is 3.96. The van der Waals surface area contributed by atoms with Crippen molar-refractivity contribution in [2.45, 2.75) is 18.2 Å². The Morgan fingerprint density at radius 3 is 2.22 bits per heavy atom. The molecular formula is C5H8Cl2O2. The quantitative estimate of drug-likeness (QED) is 0.658. The minimum absolute atomic E-state index is 0.0255. The van der Waals surface area contributed by atoms with Gasteiger partial charge in [0.05, 0.1) is 6.42 Å². The Morgan fingerprint density at radius 1 is 1.67 bits per heavy atom. The van der Waals surface area contributed by atoms with Crippen molar-refractivity contribution in [2.24, 2.45) is 5.92 Å². The average Bonchev–Trinajstić information content (AvgIpc) is 1.63.